The molecule has 0 atom stereocenters. The molecule has 0 saturated heterocycles. The van der Waals surface area contributed by atoms with Gasteiger partial charge >= 0.3 is 0 Å². The molecule has 0 aliphatic heterocycles. The first-order valence-electron chi connectivity index (χ1n) is 11.5. The van der Waals surface area contributed by atoms with Crippen molar-refractivity contribution in [2.75, 3.05) is 47.4 Å². The summed E-state index contributed by atoms with van der Waals surface area (Å²) in [5.41, 5.74) is 5.48. The SMILES string of the molecule is CC(C)(C)CNc1cc(NCC(C)(C)C)c(NCC(C)(C)C)cc1NCC(C)(C)C. The molecule has 0 aliphatic carbocycles. The predicted octanol–water partition coefficient (Wildman–Crippen LogP) is 7.52. The third kappa shape index (κ3) is 11.6. The van der Waals surface area contributed by atoms with Crippen LogP contribution in [0.25, 0.3) is 0 Å². The van der Waals surface area contributed by atoms with E-state index < -0.39 is 0 Å². The Morgan fingerprint density at radius 2 is 0.567 bits per heavy atom. The number of benzene rings is 1. The van der Waals surface area contributed by atoms with Crippen LogP contribution >= 0.6 is 0 Å². The van der Waals surface area contributed by atoms with Crippen LogP contribution in [0.1, 0.15) is 83.1 Å². The van der Waals surface area contributed by atoms with Crippen molar-refractivity contribution in [3.8, 4) is 0 Å². The Kier molecular flexibility index (Phi) is 8.55. The minimum absolute atomic E-state index is 0.212. The highest BCUT2D eigenvalue weighted by molar-refractivity contribution is 5.84. The highest BCUT2D eigenvalue weighted by Crippen LogP contribution is 2.36. The Morgan fingerprint density at radius 1 is 0.400 bits per heavy atom. The van der Waals surface area contributed by atoms with Crippen LogP contribution in [0.4, 0.5) is 22.7 Å². The summed E-state index contributed by atoms with van der Waals surface area (Å²) >= 11 is 0. The van der Waals surface area contributed by atoms with Gasteiger partial charge in [0.1, 0.15) is 0 Å². The Balaban J connectivity index is 3.31. The van der Waals surface area contributed by atoms with Crippen LogP contribution in [0.3, 0.4) is 0 Å². The molecule has 0 saturated carbocycles. The van der Waals surface area contributed by atoms with E-state index in [1.54, 1.807) is 0 Å². The molecule has 0 heterocycles. The molecule has 0 fully saturated rings. The van der Waals surface area contributed by atoms with Gasteiger partial charge in [-0.2, -0.15) is 0 Å². The molecule has 4 N–H and O–H groups in total. The lowest BCUT2D eigenvalue weighted by Gasteiger charge is -2.28. The summed E-state index contributed by atoms with van der Waals surface area (Å²) in [5, 5.41) is 14.8. The molecular weight excluding hydrogens is 368 g/mol. The van der Waals surface area contributed by atoms with Gasteiger partial charge in [0.15, 0.2) is 0 Å². The van der Waals surface area contributed by atoms with Crippen molar-refractivity contribution in [3.05, 3.63) is 12.1 Å². The quantitative estimate of drug-likeness (QED) is 0.352. The zero-order valence-corrected chi connectivity index (χ0v) is 22.0. The van der Waals surface area contributed by atoms with Crippen LogP contribution in [-0.4, -0.2) is 26.2 Å². The highest BCUT2D eigenvalue weighted by Gasteiger charge is 2.19. The molecule has 0 radical (unpaired) electrons. The lowest BCUT2D eigenvalue weighted by molar-refractivity contribution is 0.439. The van der Waals surface area contributed by atoms with Gasteiger partial charge in [-0.1, -0.05) is 83.1 Å². The maximum absolute atomic E-state index is 3.70. The molecule has 4 heteroatoms. The number of rotatable bonds is 8. The summed E-state index contributed by atoms with van der Waals surface area (Å²) in [6, 6.07) is 4.54. The largest absolute Gasteiger partial charge is 0.383 e. The first kappa shape index (κ1) is 26.5. The molecule has 0 aliphatic rings. The van der Waals surface area contributed by atoms with E-state index >= 15 is 0 Å². The second kappa shape index (κ2) is 9.70. The Hall–Kier alpha value is -1.58. The number of hydrogen-bond donors (Lipinski definition) is 4. The van der Waals surface area contributed by atoms with Gasteiger partial charge < -0.3 is 21.3 Å². The molecule has 1 aromatic carbocycles. The van der Waals surface area contributed by atoms with E-state index in [-0.39, 0.29) is 21.7 Å². The molecule has 4 nitrogen and oxygen atoms in total. The Bertz CT molecular complexity index is 550. The lowest BCUT2D eigenvalue weighted by atomic mass is 9.95. The van der Waals surface area contributed by atoms with E-state index in [2.05, 4.69) is 116 Å². The predicted molar refractivity (Wildman–Crippen MR) is 138 cm³/mol. The van der Waals surface area contributed by atoms with Crippen molar-refractivity contribution in [2.45, 2.75) is 83.1 Å². The van der Waals surface area contributed by atoms with E-state index in [0.717, 1.165) is 48.9 Å². The van der Waals surface area contributed by atoms with Crippen LogP contribution in [0.2, 0.25) is 0 Å². The van der Waals surface area contributed by atoms with Crippen LogP contribution in [0.5, 0.6) is 0 Å². The first-order chi connectivity index (χ1) is 13.3. The smallest absolute Gasteiger partial charge is 0.0598 e. The fraction of sp³-hybridized carbons (Fsp3) is 0.769. The summed E-state index contributed by atoms with van der Waals surface area (Å²) in [6.45, 7) is 30.9. The molecule has 174 valence electrons. The topological polar surface area (TPSA) is 48.1 Å². The summed E-state index contributed by atoms with van der Waals surface area (Å²) < 4.78 is 0. The normalized spacial score (nSPS) is 13.2. The van der Waals surface area contributed by atoms with Gasteiger partial charge in [0.05, 0.1) is 22.7 Å². The summed E-state index contributed by atoms with van der Waals surface area (Å²) in [5.74, 6) is 0. The number of nitrogens with one attached hydrogen (secondary N) is 4. The zero-order valence-electron chi connectivity index (χ0n) is 22.0. The average Bonchev–Trinajstić information content (AvgIpc) is 2.52. The fourth-order valence-electron chi connectivity index (χ4n) is 2.63. The van der Waals surface area contributed by atoms with Crippen molar-refractivity contribution >= 4 is 22.7 Å². The number of anilines is 4. The van der Waals surface area contributed by atoms with Crippen LogP contribution in [-0.2, 0) is 0 Å². The van der Waals surface area contributed by atoms with E-state index in [9.17, 15) is 0 Å². The van der Waals surface area contributed by atoms with E-state index in [4.69, 9.17) is 0 Å². The molecule has 30 heavy (non-hydrogen) atoms. The average molecular weight is 419 g/mol. The minimum atomic E-state index is 0.212. The first-order valence-corrected chi connectivity index (χ1v) is 11.5. The van der Waals surface area contributed by atoms with Crippen molar-refractivity contribution in [2.24, 2.45) is 21.7 Å². The van der Waals surface area contributed by atoms with Gasteiger partial charge in [0.25, 0.3) is 0 Å². The summed E-state index contributed by atoms with van der Waals surface area (Å²) in [6.07, 6.45) is 0. The summed E-state index contributed by atoms with van der Waals surface area (Å²) in [7, 11) is 0. The van der Waals surface area contributed by atoms with E-state index in [1.807, 2.05) is 0 Å². The van der Waals surface area contributed by atoms with Crippen molar-refractivity contribution in [3.63, 3.8) is 0 Å². The van der Waals surface area contributed by atoms with Gasteiger partial charge in [-0.3, -0.25) is 0 Å². The summed E-state index contributed by atoms with van der Waals surface area (Å²) in [4.78, 5) is 0. The van der Waals surface area contributed by atoms with Gasteiger partial charge in [0, 0.05) is 26.2 Å². The van der Waals surface area contributed by atoms with Gasteiger partial charge in [-0.15, -0.1) is 0 Å². The molecule has 0 aromatic heterocycles. The second-order valence-corrected chi connectivity index (χ2v) is 13.6. The molecule has 1 rings (SSSR count). The van der Waals surface area contributed by atoms with Crippen molar-refractivity contribution in [1.29, 1.82) is 0 Å². The zero-order chi connectivity index (χ0) is 23.4. The third-order valence-corrected chi connectivity index (χ3v) is 4.39. The number of hydrogen-bond acceptors (Lipinski definition) is 4. The van der Waals surface area contributed by atoms with E-state index in [0.29, 0.717) is 0 Å². The van der Waals surface area contributed by atoms with Crippen molar-refractivity contribution < 1.29 is 0 Å². The van der Waals surface area contributed by atoms with Gasteiger partial charge in [-0.25, -0.2) is 0 Å². The van der Waals surface area contributed by atoms with Gasteiger partial charge in [0.2, 0.25) is 0 Å². The maximum atomic E-state index is 3.70. The monoisotopic (exact) mass is 418 g/mol. The molecule has 0 unspecified atom stereocenters. The highest BCUT2D eigenvalue weighted by atomic mass is 15.0. The maximum Gasteiger partial charge on any atom is 0.0598 e. The Morgan fingerprint density at radius 3 is 0.700 bits per heavy atom. The Labute approximate surface area is 187 Å². The van der Waals surface area contributed by atoms with Crippen molar-refractivity contribution in [1.82, 2.24) is 0 Å². The van der Waals surface area contributed by atoms with Gasteiger partial charge in [-0.05, 0) is 33.8 Å². The van der Waals surface area contributed by atoms with Crippen LogP contribution in [0.15, 0.2) is 12.1 Å². The molecule has 0 amide bonds. The molecule has 0 spiro atoms. The standard InChI is InChI=1S/C26H50N4/c1-23(2,3)15-27-19-13-21(29-17-25(7,8)9)22(30-18-26(10,11)12)14-20(19)28-16-24(4,5)6/h13-14,27-30H,15-18H2,1-12H3. The fourth-order valence-corrected chi connectivity index (χ4v) is 2.63. The molecule has 1 aromatic rings. The lowest BCUT2D eigenvalue weighted by Crippen LogP contribution is -2.24. The van der Waals surface area contributed by atoms with E-state index in [1.165, 1.54) is 0 Å². The molecule has 0 bridgehead atoms. The van der Waals surface area contributed by atoms with Crippen LogP contribution < -0.4 is 21.3 Å². The second-order valence-electron chi connectivity index (χ2n) is 13.6. The third-order valence-electron chi connectivity index (χ3n) is 4.39. The van der Waals surface area contributed by atoms with Crippen LogP contribution in [0, 0.1) is 21.7 Å². The molecular formula is C26H50N4. The minimum Gasteiger partial charge on any atom is -0.383 e.